The zero-order valence-corrected chi connectivity index (χ0v) is 54.2. The monoisotopic (exact) mass is 1350 g/mol. The van der Waals surface area contributed by atoms with Gasteiger partial charge in [-0.2, -0.15) is 0 Å². The first-order chi connectivity index (χ1) is 49.7. The normalized spacial score (nSPS) is 14.6. The van der Waals surface area contributed by atoms with Gasteiger partial charge in [0.2, 0.25) is 0 Å². The summed E-state index contributed by atoms with van der Waals surface area (Å²) in [5.74, 6) is -6.02. The highest BCUT2D eigenvalue weighted by atomic mass is 19.2. The summed E-state index contributed by atoms with van der Waals surface area (Å²) in [7, 11) is 0. The molecule has 0 radical (unpaired) electrons. The Morgan fingerprint density at radius 1 is 0.275 bits per heavy atom. The molecule has 0 saturated heterocycles. The van der Waals surface area contributed by atoms with E-state index in [1.807, 2.05) is 143 Å². The van der Waals surface area contributed by atoms with Crippen LogP contribution < -0.4 is 19.3 Å². The number of anilines is 6. The Morgan fingerprint density at radius 3 is 0.912 bits per heavy atom. The number of fused-ring (bicyclic) bond motifs is 6. The van der Waals surface area contributed by atoms with Crippen molar-refractivity contribution in [3.05, 3.63) is 419 Å². The third kappa shape index (κ3) is 10.8. The molecule has 2 unspecified atom stereocenters. The summed E-state index contributed by atoms with van der Waals surface area (Å²) in [6, 6.07) is 85.1. The Hall–Kier alpha value is -12.8. The van der Waals surface area contributed by atoms with E-state index in [-0.39, 0.29) is 0 Å². The molecule has 0 aromatic heterocycles. The molecule has 0 bridgehead atoms. The average Bonchev–Trinajstić information content (AvgIpc) is 1.52. The van der Waals surface area contributed by atoms with Gasteiger partial charge in [0.15, 0.2) is 23.3 Å². The van der Waals surface area contributed by atoms with Crippen LogP contribution in [0.1, 0.15) is 55.6 Å². The van der Waals surface area contributed by atoms with Crippen molar-refractivity contribution in [2.24, 2.45) is 0 Å². The van der Waals surface area contributed by atoms with Crippen molar-refractivity contribution in [3.63, 3.8) is 0 Å². The van der Waals surface area contributed by atoms with E-state index < -0.39 is 68.5 Å². The predicted molar refractivity (Wildman–Crippen MR) is 389 cm³/mol. The quantitative estimate of drug-likeness (QED) is 0.0670. The molecule has 0 fully saturated rings. The number of halogens is 8. The van der Waals surface area contributed by atoms with Crippen LogP contribution in [0.15, 0.2) is 316 Å². The van der Waals surface area contributed by atoms with Gasteiger partial charge in [0.1, 0.15) is 46.3 Å². The van der Waals surface area contributed by atoms with Gasteiger partial charge in [-0.25, -0.2) is 35.1 Å². The van der Waals surface area contributed by atoms with E-state index in [9.17, 15) is 8.78 Å². The maximum absolute atomic E-state index is 17.1. The van der Waals surface area contributed by atoms with E-state index in [1.54, 1.807) is 133 Å². The minimum absolute atomic E-state index is 0.429. The summed E-state index contributed by atoms with van der Waals surface area (Å²) in [5, 5.41) is 0. The van der Waals surface area contributed by atoms with Gasteiger partial charge in [0.05, 0.1) is 10.8 Å². The Balaban J connectivity index is 0.782. The van der Waals surface area contributed by atoms with Gasteiger partial charge < -0.3 is 19.3 Å². The number of hydrogen-bond donors (Lipinski definition) is 0. The highest BCUT2D eigenvalue weighted by Gasteiger charge is 2.52. The molecule has 0 spiro atoms. The zero-order chi connectivity index (χ0) is 70.0. The van der Waals surface area contributed by atoms with E-state index in [0.29, 0.717) is 113 Å². The first kappa shape index (κ1) is 63.9. The summed E-state index contributed by atoms with van der Waals surface area (Å²) in [4.78, 5) is 3.81. The summed E-state index contributed by atoms with van der Waals surface area (Å²) < 4.78 is 142. The summed E-state index contributed by atoms with van der Waals surface area (Å²) >= 11 is 0. The largest absolute Gasteiger partial charge is 0.457 e. The van der Waals surface area contributed by atoms with Crippen LogP contribution in [0.4, 0.5) is 69.2 Å². The lowest BCUT2D eigenvalue weighted by Crippen LogP contribution is -2.32. The average molecular weight is 1350 g/mol. The fraction of sp³-hybridized carbons (Fsp3) is 0.0222. The van der Waals surface area contributed by atoms with Crippen molar-refractivity contribution in [2.45, 2.75) is 10.8 Å². The lowest BCUT2D eigenvalue weighted by molar-refractivity contribution is 0.463. The molecule has 16 rings (SSSR count). The van der Waals surface area contributed by atoms with Crippen LogP contribution in [0.5, 0.6) is 23.0 Å². The van der Waals surface area contributed by atoms with Gasteiger partial charge in [-0.05, 0) is 248 Å². The second kappa shape index (κ2) is 25.8. The SMILES string of the molecule is C=Cc1ccc(Oc2ccc(C3(c4c(F)ccc(F)c4F)c4ccccc4-c4ccc(N(c5ccc(F)cc5)c5ccc(-c6ccc(N(c7ccc(F)cc7)c7ccc8c(c7)C(c7ccc(Oc9ccc(C=C)cc9)cc7)(c7c(F)ccc(F)c7F)c7ccccc7-8)cc6)cc5)cc43)cc2)cc1. The second-order valence-electron chi connectivity index (χ2n) is 25.0. The van der Waals surface area contributed by atoms with Gasteiger partial charge in [0.25, 0.3) is 0 Å². The smallest absolute Gasteiger partial charge is 0.166 e. The van der Waals surface area contributed by atoms with Crippen LogP contribution in [-0.4, -0.2) is 0 Å². The van der Waals surface area contributed by atoms with Crippen LogP contribution in [0.25, 0.3) is 45.5 Å². The van der Waals surface area contributed by atoms with Crippen LogP contribution in [0, 0.1) is 46.5 Å². The maximum Gasteiger partial charge on any atom is 0.166 e. The molecule has 14 aromatic carbocycles. The van der Waals surface area contributed by atoms with Crippen LogP contribution in [0.2, 0.25) is 0 Å². The molecular formula is C90H56F8N2O2. The highest BCUT2D eigenvalue weighted by Crippen LogP contribution is 2.61. The Labute approximate surface area is 583 Å². The van der Waals surface area contributed by atoms with Crippen LogP contribution in [-0.2, 0) is 10.8 Å². The Kier molecular flexibility index (Phi) is 16.2. The number of nitrogens with zero attached hydrogens (tertiary/aromatic N) is 2. The molecule has 0 N–H and O–H groups in total. The molecule has 14 aromatic rings. The molecule has 0 saturated carbocycles. The van der Waals surface area contributed by atoms with Gasteiger partial charge in [-0.3, -0.25) is 0 Å². The van der Waals surface area contributed by atoms with Crippen molar-refractivity contribution >= 4 is 46.3 Å². The van der Waals surface area contributed by atoms with Gasteiger partial charge in [0, 0.05) is 45.3 Å². The molecule has 102 heavy (non-hydrogen) atoms. The van der Waals surface area contributed by atoms with Crippen LogP contribution >= 0.6 is 0 Å². The second-order valence-corrected chi connectivity index (χ2v) is 25.0. The predicted octanol–water partition coefficient (Wildman–Crippen LogP) is 25.0. The molecule has 12 heteroatoms. The topological polar surface area (TPSA) is 24.9 Å². The molecule has 494 valence electrons. The lowest BCUT2D eigenvalue weighted by Gasteiger charge is -2.35. The fourth-order valence-electron chi connectivity index (χ4n) is 14.8. The molecule has 2 atom stereocenters. The van der Waals surface area contributed by atoms with E-state index in [1.165, 1.54) is 24.3 Å². The van der Waals surface area contributed by atoms with Crippen LogP contribution in [0.3, 0.4) is 0 Å². The summed E-state index contributed by atoms with van der Waals surface area (Å²) in [6.45, 7) is 7.66. The highest BCUT2D eigenvalue weighted by molar-refractivity contribution is 5.92. The van der Waals surface area contributed by atoms with Gasteiger partial charge in [-0.1, -0.05) is 159 Å². The minimum Gasteiger partial charge on any atom is -0.457 e. The van der Waals surface area contributed by atoms with Crippen molar-refractivity contribution in [1.29, 1.82) is 0 Å². The van der Waals surface area contributed by atoms with E-state index in [0.717, 1.165) is 46.5 Å². The van der Waals surface area contributed by atoms with E-state index in [4.69, 9.17) is 9.47 Å². The number of benzene rings is 14. The number of hydrogen-bond acceptors (Lipinski definition) is 4. The van der Waals surface area contributed by atoms with Gasteiger partial charge in [-0.15, -0.1) is 0 Å². The van der Waals surface area contributed by atoms with Gasteiger partial charge >= 0.3 is 0 Å². The van der Waals surface area contributed by atoms with Crippen molar-refractivity contribution in [2.75, 3.05) is 9.80 Å². The molecule has 2 aliphatic rings. The van der Waals surface area contributed by atoms with Crippen molar-refractivity contribution in [3.8, 4) is 56.4 Å². The first-order valence-electron chi connectivity index (χ1n) is 32.8. The molecule has 0 heterocycles. The minimum atomic E-state index is -1.78. The third-order valence-electron chi connectivity index (χ3n) is 19.4. The number of ether oxygens (including phenoxy) is 2. The lowest BCUT2D eigenvalue weighted by atomic mass is 9.67. The molecule has 0 amide bonds. The number of rotatable bonds is 17. The first-order valence-corrected chi connectivity index (χ1v) is 32.8. The van der Waals surface area contributed by atoms with E-state index >= 15 is 26.3 Å². The van der Waals surface area contributed by atoms with E-state index in [2.05, 4.69) is 13.2 Å². The van der Waals surface area contributed by atoms with Crippen molar-refractivity contribution in [1.82, 2.24) is 0 Å². The Morgan fingerprint density at radius 2 is 0.569 bits per heavy atom. The molecule has 4 nitrogen and oxygen atoms in total. The fourth-order valence-corrected chi connectivity index (χ4v) is 14.8. The summed E-state index contributed by atoms with van der Waals surface area (Å²) in [5.41, 5.74) is 7.72. The molecule has 2 aliphatic carbocycles. The summed E-state index contributed by atoms with van der Waals surface area (Å²) in [6.07, 6.45) is 3.44. The van der Waals surface area contributed by atoms with Crippen molar-refractivity contribution < 1.29 is 44.6 Å². The zero-order valence-electron chi connectivity index (χ0n) is 54.2. The molecular weight excluding hydrogens is 1290 g/mol. The molecule has 0 aliphatic heterocycles. The maximum atomic E-state index is 17.1. The Bertz CT molecular complexity index is 5230. The standard InChI is InChI=1S/C90H56F8N2O2/c1-3-55-13-39-69(40-14-55)101-71-43-21-59(22-44-71)89(85-81(93)49-51-83(95)87(85)97)77-11-7-5-9-73(77)75-47-37-67(53-79(75)89)99(65-33-25-61(91)26-34-65)63-29-17-57(18-30-63)58-19-31-64(32-20-58)100(66-35-27-62(92)28-36-66)68-38-48-76-74-10-6-8-12-78(74)90(80(76)54-68,86-82(94)50-52-84(96)88(86)98)60-23-45-72(46-24-60)102-70-41-15-56(4-2)16-42-70/h3-54H,1-2H2. The third-order valence-corrected chi connectivity index (χ3v) is 19.4.